The van der Waals surface area contributed by atoms with Gasteiger partial charge in [0, 0.05) is 17.6 Å². The molecule has 1 aromatic heterocycles. The first kappa shape index (κ1) is 30.4. The number of anilines is 3. The number of pyridine rings is 1. The van der Waals surface area contributed by atoms with Gasteiger partial charge in [0.05, 0.1) is 0 Å². The Balaban J connectivity index is 1.27. The highest BCUT2D eigenvalue weighted by Gasteiger charge is 2.20. The Kier molecular flexibility index (Phi) is 7.78. The van der Waals surface area contributed by atoms with E-state index in [2.05, 4.69) is 196 Å². The molecule has 0 aliphatic rings. The molecule has 8 aromatic rings. The Bertz CT molecular complexity index is 2330. The van der Waals surface area contributed by atoms with E-state index in [1.165, 1.54) is 60.5 Å². The first-order chi connectivity index (χ1) is 24.0. The summed E-state index contributed by atoms with van der Waals surface area (Å²) in [5.41, 5.74) is 10.8. The van der Waals surface area contributed by atoms with Crippen LogP contribution in [0.25, 0.3) is 54.9 Å². The lowest BCUT2D eigenvalue weighted by molar-refractivity contribution is 0.587. The molecule has 2 nitrogen and oxygen atoms in total. The monoisotopic (exact) mass is 630 g/mol. The summed E-state index contributed by atoms with van der Waals surface area (Å²) in [4.78, 5) is 7.18. The second-order valence-electron chi connectivity index (χ2n) is 13.7. The van der Waals surface area contributed by atoms with Gasteiger partial charge in [-0.3, -0.25) is 4.90 Å². The van der Waals surface area contributed by atoms with Crippen LogP contribution in [-0.2, 0) is 5.41 Å². The van der Waals surface area contributed by atoms with Crippen molar-refractivity contribution < 1.29 is 0 Å². The predicted molar refractivity (Wildman–Crippen MR) is 209 cm³/mol. The predicted octanol–water partition coefficient (Wildman–Crippen LogP) is 13.2. The molecule has 0 bridgehead atoms. The molecule has 236 valence electrons. The highest BCUT2D eigenvalue weighted by Crippen LogP contribution is 2.45. The highest BCUT2D eigenvalue weighted by atomic mass is 15.2. The molecular formula is C47H38N2. The maximum Gasteiger partial charge on any atom is 0.137 e. The molecular weight excluding hydrogens is 593 g/mol. The van der Waals surface area contributed by atoms with Crippen molar-refractivity contribution in [1.29, 1.82) is 0 Å². The molecule has 1 heterocycles. The summed E-state index contributed by atoms with van der Waals surface area (Å²) in [5, 5.41) is 4.99. The van der Waals surface area contributed by atoms with Crippen molar-refractivity contribution in [2.45, 2.75) is 26.2 Å². The number of hydrogen-bond donors (Lipinski definition) is 0. The van der Waals surface area contributed by atoms with Gasteiger partial charge in [0.15, 0.2) is 0 Å². The summed E-state index contributed by atoms with van der Waals surface area (Å²) >= 11 is 0. The van der Waals surface area contributed by atoms with Crippen molar-refractivity contribution in [2.75, 3.05) is 4.90 Å². The zero-order valence-corrected chi connectivity index (χ0v) is 28.1. The third-order valence-electron chi connectivity index (χ3n) is 9.46. The number of rotatable bonds is 6. The normalized spacial score (nSPS) is 11.6. The van der Waals surface area contributed by atoms with E-state index in [0.717, 1.165) is 17.2 Å². The largest absolute Gasteiger partial charge is 0.295 e. The van der Waals surface area contributed by atoms with E-state index in [1.54, 1.807) is 0 Å². The zero-order chi connectivity index (χ0) is 33.4. The Morgan fingerprint density at radius 3 is 1.45 bits per heavy atom. The standard InChI is InChI=1S/C47H38N2/c1-47(2,3)37-27-30-44(48-32-37)49(38-19-8-5-9-20-38)39-28-25-34(26-29-39)45-40-21-10-12-23-42(40)46(43-24-13-11-22-41(43)45)36-18-14-17-35(31-36)33-15-6-4-7-16-33/h4-32H,1-3H3. The molecule has 0 amide bonds. The third kappa shape index (κ3) is 5.76. The van der Waals surface area contributed by atoms with Crippen LogP contribution in [0.2, 0.25) is 0 Å². The minimum absolute atomic E-state index is 0.0382. The van der Waals surface area contributed by atoms with Crippen LogP contribution in [0, 0.1) is 0 Å². The number of aromatic nitrogens is 1. The first-order valence-electron chi connectivity index (χ1n) is 17.0. The van der Waals surface area contributed by atoms with Gasteiger partial charge in [-0.25, -0.2) is 4.98 Å². The summed E-state index contributed by atoms with van der Waals surface area (Å²) < 4.78 is 0. The molecule has 49 heavy (non-hydrogen) atoms. The van der Waals surface area contributed by atoms with E-state index in [1.807, 2.05) is 6.20 Å². The van der Waals surface area contributed by atoms with Gasteiger partial charge in [0.1, 0.15) is 5.82 Å². The summed E-state index contributed by atoms with van der Waals surface area (Å²) in [7, 11) is 0. The van der Waals surface area contributed by atoms with Gasteiger partial charge in [-0.1, -0.05) is 154 Å². The van der Waals surface area contributed by atoms with Gasteiger partial charge >= 0.3 is 0 Å². The van der Waals surface area contributed by atoms with Crippen molar-refractivity contribution in [3.05, 3.63) is 182 Å². The fourth-order valence-corrected chi connectivity index (χ4v) is 6.97. The molecule has 0 atom stereocenters. The van der Waals surface area contributed by atoms with Crippen LogP contribution in [0.4, 0.5) is 17.2 Å². The van der Waals surface area contributed by atoms with E-state index in [4.69, 9.17) is 4.98 Å². The van der Waals surface area contributed by atoms with Crippen LogP contribution < -0.4 is 4.90 Å². The maximum absolute atomic E-state index is 4.95. The van der Waals surface area contributed by atoms with Gasteiger partial charge in [0.2, 0.25) is 0 Å². The van der Waals surface area contributed by atoms with E-state index in [9.17, 15) is 0 Å². The second-order valence-corrected chi connectivity index (χ2v) is 13.7. The molecule has 8 rings (SSSR count). The second kappa shape index (κ2) is 12.6. The summed E-state index contributed by atoms with van der Waals surface area (Å²) in [5.74, 6) is 0.893. The molecule has 0 aliphatic carbocycles. The minimum atomic E-state index is 0.0382. The van der Waals surface area contributed by atoms with E-state index < -0.39 is 0 Å². The van der Waals surface area contributed by atoms with Crippen molar-refractivity contribution in [3.63, 3.8) is 0 Å². The average molecular weight is 631 g/mol. The van der Waals surface area contributed by atoms with Crippen LogP contribution in [0.1, 0.15) is 26.3 Å². The van der Waals surface area contributed by atoms with Crippen LogP contribution in [-0.4, -0.2) is 4.98 Å². The Hall–Kier alpha value is -5.99. The number of fused-ring (bicyclic) bond motifs is 2. The smallest absolute Gasteiger partial charge is 0.137 e. The van der Waals surface area contributed by atoms with Crippen molar-refractivity contribution >= 4 is 38.7 Å². The fraction of sp³-hybridized carbons (Fsp3) is 0.0851. The number of hydrogen-bond acceptors (Lipinski definition) is 2. The van der Waals surface area contributed by atoms with Crippen molar-refractivity contribution in [3.8, 4) is 33.4 Å². The minimum Gasteiger partial charge on any atom is -0.295 e. The molecule has 0 saturated heterocycles. The molecule has 0 saturated carbocycles. The number of nitrogens with zero attached hydrogens (tertiary/aromatic N) is 2. The molecule has 0 spiro atoms. The van der Waals surface area contributed by atoms with Gasteiger partial charge in [-0.05, 0) is 102 Å². The van der Waals surface area contributed by atoms with E-state index in [-0.39, 0.29) is 5.41 Å². The van der Waals surface area contributed by atoms with Gasteiger partial charge in [0.25, 0.3) is 0 Å². The molecule has 0 aliphatic heterocycles. The summed E-state index contributed by atoms with van der Waals surface area (Å²) in [6, 6.07) is 61.1. The molecule has 7 aromatic carbocycles. The van der Waals surface area contributed by atoms with Crippen LogP contribution in [0.3, 0.4) is 0 Å². The lowest BCUT2D eigenvalue weighted by atomic mass is 9.85. The first-order valence-corrected chi connectivity index (χ1v) is 17.0. The number of benzene rings is 7. The molecule has 2 heteroatoms. The lowest BCUT2D eigenvalue weighted by Gasteiger charge is -2.26. The van der Waals surface area contributed by atoms with Crippen molar-refractivity contribution in [1.82, 2.24) is 4.98 Å². The van der Waals surface area contributed by atoms with Crippen LogP contribution in [0.15, 0.2) is 176 Å². The topological polar surface area (TPSA) is 16.1 Å². The quantitative estimate of drug-likeness (QED) is 0.170. The SMILES string of the molecule is CC(C)(C)c1ccc(N(c2ccccc2)c2ccc(-c3c4ccccc4c(-c4cccc(-c5ccccc5)c4)c4ccccc34)cc2)nc1. The fourth-order valence-electron chi connectivity index (χ4n) is 6.97. The molecule has 0 fully saturated rings. The summed E-state index contributed by atoms with van der Waals surface area (Å²) in [6.45, 7) is 6.66. The van der Waals surface area contributed by atoms with Gasteiger partial charge in [-0.2, -0.15) is 0 Å². The van der Waals surface area contributed by atoms with Crippen LogP contribution >= 0.6 is 0 Å². The van der Waals surface area contributed by atoms with Crippen molar-refractivity contribution in [2.24, 2.45) is 0 Å². The number of para-hydroxylation sites is 1. The average Bonchev–Trinajstić information content (AvgIpc) is 3.15. The summed E-state index contributed by atoms with van der Waals surface area (Å²) in [6.07, 6.45) is 2.01. The third-order valence-corrected chi connectivity index (χ3v) is 9.46. The van der Waals surface area contributed by atoms with E-state index >= 15 is 0 Å². The van der Waals surface area contributed by atoms with Gasteiger partial charge in [-0.15, -0.1) is 0 Å². The zero-order valence-electron chi connectivity index (χ0n) is 28.1. The molecule has 0 radical (unpaired) electrons. The van der Waals surface area contributed by atoms with Crippen LogP contribution in [0.5, 0.6) is 0 Å². The Morgan fingerprint density at radius 1 is 0.408 bits per heavy atom. The molecule has 0 N–H and O–H groups in total. The molecule has 0 unspecified atom stereocenters. The lowest BCUT2D eigenvalue weighted by Crippen LogP contribution is -2.14. The van der Waals surface area contributed by atoms with E-state index in [0.29, 0.717) is 0 Å². The maximum atomic E-state index is 4.95. The Labute approximate surface area is 289 Å². The van der Waals surface area contributed by atoms with Gasteiger partial charge < -0.3 is 0 Å². The Morgan fingerprint density at radius 2 is 0.898 bits per heavy atom. The highest BCUT2D eigenvalue weighted by molar-refractivity contribution is 6.21.